The minimum Gasteiger partial charge on any atom is -0.383 e. The van der Waals surface area contributed by atoms with E-state index >= 15 is 0 Å². The summed E-state index contributed by atoms with van der Waals surface area (Å²) in [7, 11) is 1.69. The molecule has 0 saturated heterocycles. The molecule has 14 heavy (non-hydrogen) atoms. The Kier molecular flexibility index (Phi) is 2.45. The molecule has 0 radical (unpaired) electrons. The minimum atomic E-state index is 0.679. The van der Waals surface area contributed by atoms with Gasteiger partial charge in [0.05, 0.1) is 24.4 Å². The van der Waals surface area contributed by atoms with Crippen molar-refractivity contribution in [1.29, 1.82) is 0 Å². The maximum absolute atomic E-state index is 5.03. The Morgan fingerprint density at radius 3 is 3.14 bits per heavy atom. The number of methoxy groups -OCH3 is 1. The van der Waals surface area contributed by atoms with Crippen molar-refractivity contribution in [2.24, 2.45) is 0 Å². The molecule has 0 fully saturated rings. The molecule has 0 N–H and O–H groups in total. The quantitative estimate of drug-likeness (QED) is 0.736. The van der Waals surface area contributed by atoms with Crippen molar-refractivity contribution in [3.63, 3.8) is 0 Å². The molecule has 2 heterocycles. The van der Waals surface area contributed by atoms with Gasteiger partial charge >= 0.3 is 0 Å². The molecule has 0 aliphatic heterocycles. The van der Waals surface area contributed by atoms with Gasteiger partial charge in [0.1, 0.15) is 0 Å². The Morgan fingerprint density at radius 1 is 1.50 bits per heavy atom. The highest BCUT2D eigenvalue weighted by Crippen LogP contribution is 2.15. The molecule has 4 nitrogen and oxygen atoms in total. The predicted molar refractivity (Wildman–Crippen MR) is 54.1 cm³/mol. The number of fused-ring (bicyclic) bond motifs is 1. The molecule has 0 amide bonds. The van der Waals surface area contributed by atoms with Crippen LogP contribution in [-0.2, 0) is 11.3 Å². The van der Waals surface area contributed by atoms with Gasteiger partial charge in [-0.3, -0.25) is 9.67 Å². The van der Waals surface area contributed by atoms with Crippen LogP contribution in [0.25, 0.3) is 10.9 Å². The van der Waals surface area contributed by atoms with E-state index in [2.05, 4.69) is 10.1 Å². The number of hydrogen-bond donors (Lipinski definition) is 0. The summed E-state index contributed by atoms with van der Waals surface area (Å²) in [6, 6.07) is 1.98. The second-order valence-corrected chi connectivity index (χ2v) is 3.19. The molecule has 4 heteroatoms. The van der Waals surface area contributed by atoms with E-state index in [0.29, 0.717) is 6.61 Å². The van der Waals surface area contributed by atoms with Crippen LogP contribution in [0.2, 0.25) is 0 Å². The van der Waals surface area contributed by atoms with Crippen LogP contribution in [0.4, 0.5) is 0 Å². The van der Waals surface area contributed by atoms with Crippen LogP contribution >= 0.6 is 0 Å². The first-order valence-electron chi connectivity index (χ1n) is 4.59. The second-order valence-electron chi connectivity index (χ2n) is 3.19. The summed E-state index contributed by atoms with van der Waals surface area (Å²) in [4.78, 5) is 4.08. The summed E-state index contributed by atoms with van der Waals surface area (Å²) in [5.74, 6) is 0. The SMILES string of the molecule is COCCn1nc(C)c2cnccc21. The molecule has 2 aromatic heterocycles. The zero-order valence-corrected chi connectivity index (χ0v) is 8.40. The molecular weight excluding hydrogens is 178 g/mol. The maximum Gasteiger partial charge on any atom is 0.0717 e. The first-order valence-corrected chi connectivity index (χ1v) is 4.59. The van der Waals surface area contributed by atoms with Crippen molar-refractivity contribution in [2.45, 2.75) is 13.5 Å². The van der Waals surface area contributed by atoms with Crippen LogP contribution < -0.4 is 0 Å². The summed E-state index contributed by atoms with van der Waals surface area (Å²) >= 11 is 0. The highest BCUT2D eigenvalue weighted by atomic mass is 16.5. The highest BCUT2D eigenvalue weighted by molar-refractivity contribution is 5.80. The van der Waals surface area contributed by atoms with E-state index in [1.807, 2.05) is 23.9 Å². The fraction of sp³-hybridized carbons (Fsp3) is 0.400. The normalized spacial score (nSPS) is 11.0. The van der Waals surface area contributed by atoms with Crippen molar-refractivity contribution >= 4 is 10.9 Å². The standard InChI is InChI=1S/C10H13N3O/c1-8-9-7-11-4-3-10(9)13(12-8)5-6-14-2/h3-4,7H,5-6H2,1-2H3. The van der Waals surface area contributed by atoms with Crippen molar-refractivity contribution in [1.82, 2.24) is 14.8 Å². The van der Waals surface area contributed by atoms with Crippen LogP contribution in [-0.4, -0.2) is 28.5 Å². The van der Waals surface area contributed by atoms with E-state index < -0.39 is 0 Å². The second kappa shape index (κ2) is 3.75. The Hall–Kier alpha value is -1.42. The van der Waals surface area contributed by atoms with Crippen LogP contribution in [0.15, 0.2) is 18.5 Å². The molecule has 0 saturated carbocycles. The third kappa shape index (κ3) is 1.48. The molecule has 0 aliphatic rings. The molecule has 74 valence electrons. The number of rotatable bonds is 3. The van der Waals surface area contributed by atoms with Crippen LogP contribution in [0.3, 0.4) is 0 Å². The van der Waals surface area contributed by atoms with Crippen molar-refractivity contribution < 1.29 is 4.74 Å². The molecule has 0 aromatic carbocycles. The predicted octanol–water partition coefficient (Wildman–Crippen LogP) is 1.39. The number of aryl methyl sites for hydroxylation is 1. The third-order valence-electron chi connectivity index (χ3n) is 2.24. The number of ether oxygens (including phenoxy) is 1. The number of pyridine rings is 1. The van der Waals surface area contributed by atoms with Crippen molar-refractivity contribution in [3.8, 4) is 0 Å². The van der Waals surface area contributed by atoms with E-state index in [0.717, 1.165) is 23.1 Å². The van der Waals surface area contributed by atoms with E-state index in [1.54, 1.807) is 13.3 Å². The van der Waals surface area contributed by atoms with Gasteiger partial charge in [0.15, 0.2) is 0 Å². The van der Waals surface area contributed by atoms with Gasteiger partial charge in [0.2, 0.25) is 0 Å². The third-order valence-corrected chi connectivity index (χ3v) is 2.24. The van der Waals surface area contributed by atoms with Gasteiger partial charge in [-0.15, -0.1) is 0 Å². The van der Waals surface area contributed by atoms with Crippen LogP contribution in [0.5, 0.6) is 0 Å². The molecule has 2 aromatic rings. The Bertz CT molecular complexity index is 436. The minimum absolute atomic E-state index is 0.679. The lowest BCUT2D eigenvalue weighted by atomic mass is 10.3. The zero-order chi connectivity index (χ0) is 9.97. The van der Waals surface area contributed by atoms with Gasteiger partial charge in [0, 0.05) is 24.9 Å². The summed E-state index contributed by atoms with van der Waals surface area (Å²) in [6.45, 7) is 3.46. The lowest BCUT2D eigenvalue weighted by molar-refractivity contribution is 0.185. The van der Waals surface area contributed by atoms with Gasteiger partial charge in [-0.05, 0) is 13.0 Å². The molecule has 2 rings (SSSR count). The van der Waals surface area contributed by atoms with E-state index in [1.165, 1.54) is 0 Å². The van der Waals surface area contributed by atoms with Crippen LogP contribution in [0, 0.1) is 6.92 Å². The Labute approximate surface area is 82.5 Å². The number of nitrogens with zero attached hydrogens (tertiary/aromatic N) is 3. The topological polar surface area (TPSA) is 39.9 Å². The molecule has 0 unspecified atom stereocenters. The average molecular weight is 191 g/mol. The Balaban J connectivity index is 2.44. The van der Waals surface area contributed by atoms with Crippen LogP contribution in [0.1, 0.15) is 5.69 Å². The summed E-state index contributed by atoms with van der Waals surface area (Å²) < 4.78 is 6.98. The van der Waals surface area contributed by atoms with Gasteiger partial charge in [-0.25, -0.2) is 0 Å². The molecule has 0 bridgehead atoms. The largest absolute Gasteiger partial charge is 0.383 e. The van der Waals surface area contributed by atoms with Gasteiger partial charge < -0.3 is 4.74 Å². The fourth-order valence-corrected chi connectivity index (χ4v) is 1.53. The Morgan fingerprint density at radius 2 is 2.36 bits per heavy atom. The first-order chi connectivity index (χ1) is 6.83. The van der Waals surface area contributed by atoms with E-state index in [4.69, 9.17) is 4.74 Å². The van der Waals surface area contributed by atoms with Crippen molar-refractivity contribution in [3.05, 3.63) is 24.2 Å². The monoisotopic (exact) mass is 191 g/mol. The van der Waals surface area contributed by atoms with Crippen molar-refractivity contribution in [2.75, 3.05) is 13.7 Å². The van der Waals surface area contributed by atoms with Gasteiger partial charge in [-0.2, -0.15) is 5.10 Å². The van der Waals surface area contributed by atoms with Gasteiger partial charge in [-0.1, -0.05) is 0 Å². The first kappa shape index (κ1) is 9.15. The lowest BCUT2D eigenvalue weighted by Crippen LogP contribution is -2.05. The average Bonchev–Trinajstić information content (AvgIpc) is 2.54. The van der Waals surface area contributed by atoms with Gasteiger partial charge in [0.25, 0.3) is 0 Å². The fourth-order valence-electron chi connectivity index (χ4n) is 1.53. The molecule has 0 aliphatic carbocycles. The summed E-state index contributed by atoms with van der Waals surface area (Å²) in [5.41, 5.74) is 2.14. The van der Waals surface area contributed by atoms with E-state index in [-0.39, 0.29) is 0 Å². The highest BCUT2D eigenvalue weighted by Gasteiger charge is 2.05. The maximum atomic E-state index is 5.03. The molecular formula is C10H13N3O. The number of aromatic nitrogens is 3. The summed E-state index contributed by atoms with van der Waals surface area (Å²) in [5, 5.41) is 5.54. The molecule has 0 spiro atoms. The lowest BCUT2D eigenvalue weighted by Gasteiger charge is -2.01. The smallest absolute Gasteiger partial charge is 0.0717 e. The van der Waals surface area contributed by atoms with E-state index in [9.17, 15) is 0 Å². The summed E-state index contributed by atoms with van der Waals surface area (Å²) in [6.07, 6.45) is 3.63. The molecule has 0 atom stereocenters. The number of hydrogen-bond acceptors (Lipinski definition) is 3. The zero-order valence-electron chi connectivity index (χ0n) is 8.40.